The molecule has 0 radical (unpaired) electrons. The molecule has 28 heavy (non-hydrogen) atoms. The van der Waals surface area contributed by atoms with Gasteiger partial charge in [0, 0.05) is 17.7 Å². The van der Waals surface area contributed by atoms with E-state index in [0.29, 0.717) is 29.2 Å². The molecule has 0 aliphatic carbocycles. The molecule has 8 nitrogen and oxygen atoms in total. The zero-order chi connectivity index (χ0) is 20.1. The Kier molecular flexibility index (Phi) is 5.69. The fraction of sp³-hybridized carbons (Fsp3) is 0.200. The van der Waals surface area contributed by atoms with Crippen molar-refractivity contribution in [3.8, 4) is 11.5 Å². The number of hydrogen-bond donors (Lipinski definition) is 0. The van der Waals surface area contributed by atoms with Crippen LogP contribution in [0.25, 0.3) is 6.08 Å². The number of cyclic esters (lactones) is 1. The first-order valence-corrected chi connectivity index (χ1v) is 8.60. The highest BCUT2D eigenvalue weighted by Gasteiger charge is 2.25. The van der Waals surface area contributed by atoms with Crippen LogP contribution in [0.1, 0.15) is 24.5 Å². The van der Waals surface area contributed by atoms with Gasteiger partial charge in [-0.05, 0) is 36.3 Å². The van der Waals surface area contributed by atoms with Gasteiger partial charge in [0.25, 0.3) is 5.69 Å². The molecule has 1 heterocycles. The molecule has 1 aliphatic heterocycles. The van der Waals surface area contributed by atoms with Crippen LogP contribution in [-0.4, -0.2) is 30.5 Å². The maximum atomic E-state index is 12.2. The number of nitro groups is 1. The molecule has 0 amide bonds. The van der Waals surface area contributed by atoms with E-state index in [1.165, 1.54) is 18.2 Å². The van der Waals surface area contributed by atoms with Crippen molar-refractivity contribution in [3.05, 3.63) is 69.4 Å². The standard InChI is InChI=1S/C20H18N2O6/c1-3-9-27-18-11-13(7-8-17(18)26-2)10-16-20(23)28-19(21-16)14-5-4-6-15(12-14)22(24)25/h4-8,10-12H,3,9H2,1-2H3/b16-10-. The Morgan fingerprint density at radius 1 is 1.21 bits per heavy atom. The van der Waals surface area contributed by atoms with Crippen LogP contribution in [0.3, 0.4) is 0 Å². The van der Waals surface area contributed by atoms with Crippen LogP contribution in [0.2, 0.25) is 0 Å². The molecule has 0 saturated heterocycles. The predicted octanol–water partition coefficient (Wildman–Crippen LogP) is 3.74. The molecule has 1 aliphatic rings. The zero-order valence-corrected chi connectivity index (χ0v) is 15.4. The third kappa shape index (κ3) is 4.17. The lowest BCUT2D eigenvalue weighted by molar-refractivity contribution is -0.384. The number of rotatable bonds is 7. The SMILES string of the molecule is CCCOc1cc(/C=C2\N=C(c3cccc([N+](=O)[O-])c3)OC2=O)ccc1OC. The molecule has 0 saturated carbocycles. The number of methoxy groups -OCH3 is 1. The number of esters is 1. The molecule has 8 heteroatoms. The van der Waals surface area contributed by atoms with E-state index in [0.717, 1.165) is 6.42 Å². The minimum absolute atomic E-state index is 0.0240. The van der Waals surface area contributed by atoms with Gasteiger partial charge in [0.1, 0.15) is 0 Å². The molecule has 0 bridgehead atoms. The molecule has 0 aromatic heterocycles. The normalized spacial score (nSPS) is 14.6. The summed E-state index contributed by atoms with van der Waals surface area (Å²) in [5.41, 5.74) is 1.02. The Balaban J connectivity index is 1.91. The van der Waals surface area contributed by atoms with Crippen molar-refractivity contribution in [2.75, 3.05) is 13.7 Å². The largest absolute Gasteiger partial charge is 0.493 e. The lowest BCUT2D eigenvalue weighted by atomic mass is 10.1. The van der Waals surface area contributed by atoms with Gasteiger partial charge in [0.15, 0.2) is 17.2 Å². The number of ether oxygens (including phenoxy) is 3. The molecule has 0 atom stereocenters. The van der Waals surface area contributed by atoms with Gasteiger partial charge >= 0.3 is 5.97 Å². The highest BCUT2D eigenvalue weighted by Crippen LogP contribution is 2.30. The maximum Gasteiger partial charge on any atom is 0.363 e. The number of nitrogens with zero attached hydrogens (tertiary/aromatic N) is 2. The summed E-state index contributed by atoms with van der Waals surface area (Å²) < 4.78 is 16.1. The van der Waals surface area contributed by atoms with Gasteiger partial charge in [-0.25, -0.2) is 9.79 Å². The molecule has 0 spiro atoms. The fourth-order valence-electron chi connectivity index (χ4n) is 2.55. The summed E-state index contributed by atoms with van der Waals surface area (Å²) in [5.74, 6) is 0.544. The Hall–Kier alpha value is -3.68. The lowest BCUT2D eigenvalue weighted by Gasteiger charge is -2.10. The highest BCUT2D eigenvalue weighted by molar-refractivity contribution is 6.13. The van der Waals surface area contributed by atoms with E-state index in [-0.39, 0.29) is 17.3 Å². The Morgan fingerprint density at radius 2 is 2.04 bits per heavy atom. The number of non-ortho nitro benzene ring substituents is 1. The first-order valence-electron chi connectivity index (χ1n) is 8.60. The zero-order valence-electron chi connectivity index (χ0n) is 15.4. The summed E-state index contributed by atoms with van der Waals surface area (Å²) in [6.45, 7) is 2.53. The summed E-state index contributed by atoms with van der Waals surface area (Å²) >= 11 is 0. The van der Waals surface area contributed by atoms with Crippen molar-refractivity contribution >= 4 is 23.6 Å². The van der Waals surface area contributed by atoms with Crippen LogP contribution in [0, 0.1) is 10.1 Å². The second-order valence-corrected chi connectivity index (χ2v) is 5.90. The first kappa shape index (κ1) is 19.1. The first-order chi connectivity index (χ1) is 13.5. The monoisotopic (exact) mass is 382 g/mol. The second kappa shape index (κ2) is 8.34. The molecule has 144 valence electrons. The molecule has 0 unspecified atom stereocenters. The van der Waals surface area contributed by atoms with Gasteiger partial charge in [-0.2, -0.15) is 0 Å². The lowest BCUT2D eigenvalue weighted by Crippen LogP contribution is -2.05. The summed E-state index contributed by atoms with van der Waals surface area (Å²) in [7, 11) is 1.55. The molecule has 3 rings (SSSR count). The minimum atomic E-state index is -0.631. The van der Waals surface area contributed by atoms with E-state index < -0.39 is 10.9 Å². The van der Waals surface area contributed by atoms with Crippen molar-refractivity contribution in [1.82, 2.24) is 0 Å². The van der Waals surface area contributed by atoms with Crippen molar-refractivity contribution in [3.63, 3.8) is 0 Å². The van der Waals surface area contributed by atoms with Crippen LogP contribution >= 0.6 is 0 Å². The van der Waals surface area contributed by atoms with E-state index in [4.69, 9.17) is 14.2 Å². The molecular formula is C20H18N2O6. The Labute approximate surface area is 161 Å². The van der Waals surface area contributed by atoms with Crippen molar-refractivity contribution < 1.29 is 23.9 Å². The van der Waals surface area contributed by atoms with Crippen molar-refractivity contribution in [2.24, 2.45) is 4.99 Å². The Bertz CT molecular complexity index is 980. The van der Waals surface area contributed by atoms with E-state index >= 15 is 0 Å². The van der Waals surface area contributed by atoms with Crippen molar-refractivity contribution in [2.45, 2.75) is 13.3 Å². The van der Waals surface area contributed by atoms with E-state index in [9.17, 15) is 14.9 Å². The topological polar surface area (TPSA) is 100 Å². The van der Waals surface area contributed by atoms with Gasteiger partial charge < -0.3 is 14.2 Å². The van der Waals surface area contributed by atoms with Crippen LogP contribution in [0.5, 0.6) is 11.5 Å². The third-order valence-corrected chi connectivity index (χ3v) is 3.88. The molecule has 0 N–H and O–H groups in total. The van der Waals surface area contributed by atoms with Crippen LogP contribution < -0.4 is 9.47 Å². The highest BCUT2D eigenvalue weighted by atomic mass is 16.6. The van der Waals surface area contributed by atoms with Gasteiger partial charge in [0.05, 0.1) is 18.6 Å². The smallest absolute Gasteiger partial charge is 0.363 e. The Morgan fingerprint density at radius 3 is 2.75 bits per heavy atom. The number of benzene rings is 2. The average molecular weight is 382 g/mol. The fourth-order valence-corrected chi connectivity index (χ4v) is 2.55. The summed E-state index contributed by atoms with van der Waals surface area (Å²) in [4.78, 5) is 26.7. The van der Waals surface area contributed by atoms with Gasteiger partial charge in [-0.15, -0.1) is 0 Å². The van der Waals surface area contributed by atoms with Crippen LogP contribution in [0.4, 0.5) is 5.69 Å². The summed E-state index contributed by atoms with van der Waals surface area (Å²) in [6.07, 6.45) is 2.41. The van der Waals surface area contributed by atoms with Gasteiger partial charge in [-0.3, -0.25) is 10.1 Å². The summed E-state index contributed by atoms with van der Waals surface area (Å²) in [6, 6.07) is 11.0. The number of carbonyl (C=O) groups excluding carboxylic acids is 1. The number of hydrogen-bond acceptors (Lipinski definition) is 7. The minimum Gasteiger partial charge on any atom is -0.493 e. The van der Waals surface area contributed by atoms with Crippen LogP contribution in [0.15, 0.2) is 53.2 Å². The molecule has 2 aromatic carbocycles. The second-order valence-electron chi connectivity index (χ2n) is 5.90. The summed E-state index contributed by atoms with van der Waals surface area (Å²) in [5, 5.41) is 10.9. The predicted molar refractivity (Wildman–Crippen MR) is 102 cm³/mol. The van der Waals surface area contributed by atoms with E-state index in [2.05, 4.69) is 4.99 Å². The third-order valence-electron chi connectivity index (χ3n) is 3.88. The number of nitro benzene ring substituents is 1. The molecular weight excluding hydrogens is 364 g/mol. The molecule has 0 fully saturated rings. The van der Waals surface area contributed by atoms with Crippen molar-refractivity contribution in [1.29, 1.82) is 0 Å². The average Bonchev–Trinajstić information content (AvgIpc) is 3.07. The molecule has 2 aromatic rings. The van der Waals surface area contributed by atoms with Gasteiger partial charge in [-0.1, -0.05) is 19.1 Å². The maximum absolute atomic E-state index is 12.2. The number of carbonyl (C=O) groups is 1. The van der Waals surface area contributed by atoms with Crippen LogP contribution in [-0.2, 0) is 9.53 Å². The number of aliphatic imine (C=N–C) groups is 1. The van der Waals surface area contributed by atoms with E-state index in [1.54, 1.807) is 37.5 Å². The van der Waals surface area contributed by atoms with E-state index in [1.807, 2.05) is 6.92 Å². The quantitative estimate of drug-likeness (QED) is 0.313. The van der Waals surface area contributed by atoms with Gasteiger partial charge in [0.2, 0.25) is 5.90 Å².